The number of amides is 2. The third-order valence-electron chi connectivity index (χ3n) is 3.03. The molecule has 2 amide bonds. The summed E-state index contributed by atoms with van der Waals surface area (Å²) in [4.78, 5) is 25.6. The number of nitrogens with one attached hydrogen (secondary N) is 1. The van der Waals surface area contributed by atoms with Crippen LogP contribution in [-0.4, -0.2) is 40.9 Å². The minimum absolute atomic E-state index is 0.0691. The molecule has 1 aliphatic heterocycles. The van der Waals surface area contributed by atoms with Gasteiger partial charge in [-0.2, -0.15) is 0 Å². The van der Waals surface area contributed by atoms with Gasteiger partial charge in [-0.3, -0.25) is 19.8 Å². The second kappa shape index (κ2) is 6.97. The predicted molar refractivity (Wildman–Crippen MR) is 89.2 cm³/mol. The van der Waals surface area contributed by atoms with E-state index < -0.39 is 0 Å². The fourth-order valence-corrected chi connectivity index (χ4v) is 3.74. The van der Waals surface area contributed by atoms with E-state index in [0.29, 0.717) is 16.6 Å². The molecule has 3 rings (SSSR count). The summed E-state index contributed by atoms with van der Waals surface area (Å²) in [5.41, 5.74) is 0.596. The molecule has 0 radical (unpaired) electrons. The van der Waals surface area contributed by atoms with Crippen molar-refractivity contribution in [2.75, 3.05) is 29.1 Å². The van der Waals surface area contributed by atoms with E-state index in [1.807, 2.05) is 13.0 Å². The largest absolute Gasteiger partial charge is 0.482 e. The van der Waals surface area contributed by atoms with Crippen LogP contribution in [-0.2, 0) is 9.59 Å². The number of fused-ring (bicyclic) bond motifs is 1. The Labute approximate surface area is 141 Å². The van der Waals surface area contributed by atoms with Crippen molar-refractivity contribution in [3.63, 3.8) is 0 Å². The first-order chi connectivity index (χ1) is 11.2. The van der Waals surface area contributed by atoms with Crippen molar-refractivity contribution in [3.8, 4) is 5.75 Å². The molecule has 2 aromatic rings. The van der Waals surface area contributed by atoms with Gasteiger partial charge >= 0.3 is 0 Å². The van der Waals surface area contributed by atoms with Crippen LogP contribution in [0.15, 0.2) is 28.6 Å². The Bertz CT molecular complexity index is 734. The number of ether oxygens (including phenoxy) is 1. The lowest BCUT2D eigenvalue weighted by atomic mass is 10.2. The summed E-state index contributed by atoms with van der Waals surface area (Å²) in [6, 6.07) is 7.14. The molecule has 0 bridgehead atoms. The van der Waals surface area contributed by atoms with Gasteiger partial charge in [0.2, 0.25) is 11.0 Å². The molecule has 1 aromatic heterocycles. The second-order valence-corrected chi connectivity index (χ2v) is 7.08. The topological polar surface area (TPSA) is 84.4 Å². The van der Waals surface area contributed by atoms with Crippen LogP contribution < -0.4 is 15.0 Å². The predicted octanol–water partition coefficient (Wildman–Crippen LogP) is 2.01. The summed E-state index contributed by atoms with van der Waals surface area (Å²) < 4.78 is 6.15. The smallest absolute Gasteiger partial charge is 0.265 e. The zero-order chi connectivity index (χ0) is 16.2. The Morgan fingerprint density at radius 2 is 2.26 bits per heavy atom. The van der Waals surface area contributed by atoms with Crippen molar-refractivity contribution in [1.29, 1.82) is 0 Å². The van der Waals surface area contributed by atoms with Crippen molar-refractivity contribution in [2.24, 2.45) is 0 Å². The van der Waals surface area contributed by atoms with E-state index >= 15 is 0 Å². The maximum atomic E-state index is 12.2. The van der Waals surface area contributed by atoms with Crippen LogP contribution in [0.25, 0.3) is 0 Å². The van der Waals surface area contributed by atoms with Gasteiger partial charge < -0.3 is 4.74 Å². The second-order valence-electron chi connectivity index (χ2n) is 4.59. The van der Waals surface area contributed by atoms with Crippen LogP contribution in [0.4, 0.5) is 10.8 Å². The number of nitrogens with zero attached hydrogens (tertiary/aromatic N) is 3. The summed E-state index contributed by atoms with van der Waals surface area (Å²) in [7, 11) is 0. The maximum absolute atomic E-state index is 12.2. The molecule has 2 heterocycles. The van der Waals surface area contributed by atoms with Crippen molar-refractivity contribution in [1.82, 2.24) is 10.2 Å². The number of benzene rings is 1. The number of aromatic nitrogens is 2. The van der Waals surface area contributed by atoms with E-state index in [4.69, 9.17) is 4.74 Å². The van der Waals surface area contributed by atoms with Gasteiger partial charge in [-0.25, -0.2) is 0 Å². The highest BCUT2D eigenvalue weighted by Gasteiger charge is 2.27. The van der Waals surface area contributed by atoms with Gasteiger partial charge in [0, 0.05) is 0 Å². The number of para-hydroxylation sites is 2. The van der Waals surface area contributed by atoms with Gasteiger partial charge in [-0.1, -0.05) is 42.2 Å². The SMILES string of the molecule is CCSc1nnc(NC(=O)CN2C(=O)COc3ccccc32)s1. The maximum Gasteiger partial charge on any atom is 0.265 e. The third kappa shape index (κ3) is 3.62. The number of rotatable bonds is 5. The highest BCUT2D eigenvalue weighted by Crippen LogP contribution is 2.31. The molecule has 0 aliphatic carbocycles. The van der Waals surface area contributed by atoms with Crippen LogP contribution in [0.3, 0.4) is 0 Å². The fraction of sp³-hybridized carbons (Fsp3) is 0.286. The number of hydrogen-bond acceptors (Lipinski definition) is 7. The highest BCUT2D eigenvalue weighted by atomic mass is 32.2. The molecule has 23 heavy (non-hydrogen) atoms. The molecule has 120 valence electrons. The van der Waals surface area contributed by atoms with Crippen molar-refractivity contribution in [3.05, 3.63) is 24.3 Å². The van der Waals surface area contributed by atoms with Gasteiger partial charge in [0.05, 0.1) is 5.69 Å². The van der Waals surface area contributed by atoms with E-state index in [-0.39, 0.29) is 25.0 Å². The Balaban J connectivity index is 1.68. The Hall–Kier alpha value is -2.13. The minimum Gasteiger partial charge on any atom is -0.482 e. The molecule has 7 nitrogen and oxygen atoms in total. The third-order valence-corrected chi connectivity index (χ3v) is 4.88. The van der Waals surface area contributed by atoms with Gasteiger partial charge in [-0.15, -0.1) is 10.2 Å². The summed E-state index contributed by atoms with van der Waals surface area (Å²) in [6.45, 7) is 1.86. The zero-order valence-corrected chi connectivity index (χ0v) is 13.9. The number of carbonyl (C=O) groups is 2. The molecular weight excluding hydrogens is 336 g/mol. The van der Waals surface area contributed by atoms with Gasteiger partial charge in [-0.05, 0) is 17.9 Å². The average Bonchev–Trinajstić information content (AvgIpc) is 2.97. The number of anilines is 2. The lowest BCUT2D eigenvalue weighted by Gasteiger charge is -2.28. The Morgan fingerprint density at radius 1 is 1.43 bits per heavy atom. The standard InChI is InChI=1S/C14H14N4O3S2/c1-2-22-14-17-16-13(23-14)15-11(19)7-18-9-5-3-4-6-10(9)21-8-12(18)20/h3-6H,2,7-8H2,1H3,(H,15,16,19). The summed E-state index contributed by atoms with van der Waals surface area (Å²) in [5, 5.41) is 11.0. The first-order valence-electron chi connectivity index (χ1n) is 6.95. The van der Waals surface area contributed by atoms with Gasteiger partial charge in [0.25, 0.3) is 5.91 Å². The number of carbonyl (C=O) groups excluding carboxylic acids is 2. The summed E-state index contributed by atoms with van der Waals surface area (Å²) in [5.74, 6) is 0.914. The van der Waals surface area contributed by atoms with E-state index in [2.05, 4.69) is 15.5 Å². The molecule has 1 N–H and O–H groups in total. The van der Waals surface area contributed by atoms with Crippen molar-refractivity contribution >= 4 is 45.7 Å². The molecule has 0 fully saturated rings. The van der Waals surface area contributed by atoms with Crippen molar-refractivity contribution in [2.45, 2.75) is 11.3 Å². The Kier molecular flexibility index (Phi) is 4.77. The monoisotopic (exact) mass is 350 g/mol. The van der Waals surface area contributed by atoms with Crippen LogP contribution in [0, 0.1) is 0 Å². The lowest BCUT2D eigenvalue weighted by Crippen LogP contribution is -2.43. The zero-order valence-electron chi connectivity index (χ0n) is 12.3. The average molecular weight is 350 g/mol. The summed E-state index contributed by atoms with van der Waals surface area (Å²) in [6.07, 6.45) is 0. The molecule has 0 atom stereocenters. The molecule has 0 spiro atoms. The molecule has 1 aliphatic rings. The molecule has 0 saturated carbocycles. The lowest BCUT2D eigenvalue weighted by molar-refractivity contribution is -0.123. The number of thioether (sulfide) groups is 1. The van der Waals surface area contributed by atoms with E-state index in [1.165, 1.54) is 16.2 Å². The van der Waals surface area contributed by atoms with Crippen LogP contribution in [0.5, 0.6) is 5.75 Å². The quantitative estimate of drug-likeness (QED) is 0.656. The van der Waals surface area contributed by atoms with Crippen molar-refractivity contribution < 1.29 is 14.3 Å². The number of hydrogen-bond donors (Lipinski definition) is 1. The fourth-order valence-electron chi connectivity index (χ4n) is 2.07. The Morgan fingerprint density at radius 3 is 3.09 bits per heavy atom. The highest BCUT2D eigenvalue weighted by molar-refractivity contribution is 8.01. The van der Waals surface area contributed by atoms with E-state index in [0.717, 1.165) is 10.1 Å². The van der Waals surface area contributed by atoms with Gasteiger partial charge in [0.1, 0.15) is 12.3 Å². The first kappa shape index (κ1) is 15.8. The summed E-state index contributed by atoms with van der Waals surface area (Å²) >= 11 is 2.88. The molecule has 1 aromatic carbocycles. The molecule has 9 heteroatoms. The molecular formula is C14H14N4O3S2. The normalized spacial score (nSPS) is 13.4. The minimum atomic E-state index is -0.320. The molecule has 0 unspecified atom stereocenters. The van der Waals surface area contributed by atoms with E-state index in [9.17, 15) is 9.59 Å². The molecule has 0 saturated heterocycles. The first-order valence-corrected chi connectivity index (χ1v) is 8.76. The van der Waals surface area contributed by atoms with Crippen LogP contribution >= 0.6 is 23.1 Å². The van der Waals surface area contributed by atoms with Crippen LogP contribution in [0.2, 0.25) is 0 Å². The van der Waals surface area contributed by atoms with E-state index in [1.54, 1.807) is 30.0 Å². The van der Waals surface area contributed by atoms with Gasteiger partial charge in [0.15, 0.2) is 10.9 Å². The van der Waals surface area contributed by atoms with Crippen LogP contribution in [0.1, 0.15) is 6.92 Å².